The minimum absolute atomic E-state index is 0. The number of hydrogen-bond donors (Lipinski definition) is 2. The van der Waals surface area contributed by atoms with Crippen LogP contribution in [0.15, 0.2) is 34.7 Å². The van der Waals surface area contributed by atoms with Crippen molar-refractivity contribution in [1.29, 1.82) is 0 Å². The lowest BCUT2D eigenvalue weighted by molar-refractivity contribution is 0.350. The van der Waals surface area contributed by atoms with Crippen molar-refractivity contribution in [3.8, 4) is 11.3 Å². The fourth-order valence-corrected chi connectivity index (χ4v) is 3.17. The lowest BCUT2D eigenvalue weighted by Gasteiger charge is -2.22. The van der Waals surface area contributed by atoms with Gasteiger partial charge in [-0.15, -0.1) is 24.8 Å². The molecule has 7 heteroatoms. The zero-order valence-electron chi connectivity index (χ0n) is 13.2. The van der Waals surface area contributed by atoms with E-state index in [4.69, 9.17) is 27.6 Å². The van der Waals surface area contributed by atoms with Crippen molar-refractivity contribution >= 4 is 48.0 Å². The molecule has 0 unspecified atom stereocenters. The Labute approximate surface area is 165 Å². The molecule has 0 aliphatic carbocycles. The van der Waals surface area contributed by atoms with Gasteiger partial charge in [-0.3, -0.25) is 0 Å². The number of furan rings is 1. The molecule has 1 aromatic carbocycles. The minimum atomic E-state index is 0. The van der Waals surface area contributed by atoms with E-state index in [1.807, 2.05) is 18.2 Å². The topological polar surface area (TPSA) is 37.2 Å². The van der Waals surface area contributed by atoms with E-state index in [1.54, 1.807) is 12.1 Å². The Balaban J connectivity index is 0.00000144. The fourth-order valence-electron chi connectivity index (χ4n) is 2.79. The molecule has 1 aromatic heterocycles. The maximum absolute atomic E-state index is 6.21. The lowest BCUT2D eigenvalue weighted by atomic mass is 9.98. The summed E-state index contributed by atoms with van der Waals surface area (Å²) in [6.07, 6.45) is 2.49. The molecule has 1 fully saturated rings. The molecule has 0 amide bonds. The van der Waals surface area contributed by atoms with Crippen LogP contribution < -0.4 is 10.6 Å². The maximum atomic E-state index is 6.21. The molecule has 24 heavy (non-hydrogen) atoms. The van der Waals surface area contributed by atoms with E-state index in [2.05, 4.69) is 10.6 Å². The van der Waals surface area contributed by atoms with E-state index in [0.717, 1.165) is 49.2 Å². The molecule has 1 aliphatic rings. The average Bonchev–Trinajstić information content (AvgIpc) is 2.99. The van der Waals surface area contributed by atoms with Gasteiger partial charge >= 0.3 is 0 Å². The van der Waals surface area contributed by atoms with Crippen molar-refractivity contribution in [2.75, 3.05) is 19.6 Å². The summed E-state index contributed by atoms with van der Waals surface area (Å²) in [7, 11) is 0. The van der Waals surface area contributed by atoms with E-state index in [9.17, 15) is 0 Å². The Hall–Kier alpha value is -0.420. The maximum Gasteiger partial charge on any atom is 0.135 e. The summed E-state index contributed by atoms with van der Waals surface area (Å²) in [5.41, 5.74) is 0.832. The molecule has 1 saturated heterocycles. The highest BCUT2D eigenvalue weighted by Gasteiger charge is 2.13. The largest absolute Gasteiger partial charge is 0.460 e. The summed E-state index contributed by atoms with van der Waals surface area (Å²) in [5.74, 6) is 2.43. The summed E-state index contributed by atoms with van der Waals surface area (Å²) in [6.45, 7) is 4.03. The second-order valence-electron chi connectivity index (χ2n) is 5.71. The quantitative estimate of drug-likeness (QED) is 0.710. The van der Waals surface area contributed by atoms with Crippen LogP contribution in [0.3, 0.4) is 0 Å². The Morgan fingerprint density at radius 3 is 2.58 bits per heavy atom. The van der Waals surface area contributed by atoms with Gasteiger partial charge in [0.05, 0.1) is 11.6 Å². The molecule has 0 spiro atoms. The van der Waals surface area contributed by atoms with Crippen molar-refractivity contribution in [3.63, 3.8) is 0 Å². The predicted molar refractivity (Wildman–Crippen MR) is 106 cm³/mol. The van der Waals surface area contributed by atoms with Gasteiger partial charge in [0.15, 0.2) is 0 Å². The number of piperidine rings is 1. The van der Waals surface area contributed by atoms with Crippen molar-refractivity contribution in [2.24, 2.45) is 5.92 Å². The highest BCUT2D eigenvalue weighted by Crippen LogP contribution is 2.31. The van der Waals surface area contributed by atoms with Gasteiger partial charge in [0.2, 0.25) is 0 Å². The van der Waals surface area contributed by atoms with Crippen molar-refractivity contribution in [1.82, 2.24) is 10.6 Å². The Morgan fingerprint density at radius 1 is 1.08 bits per heavy atom. The Kier molecular flexibility index (Phi) is 9.50. The van der Waals surface area contributed by atoms with Gasteiger partial charge in [0.25, 0.3) is 0 Å². The van der Waals surface area contributed by atoms with Crippen LogP contribution in [0, 0.1) is 5.92 Å². The second kappa shape index (κ2) is 10.5. The van der Waals surface area contributed by atoms with E-state index >= 15 is 0 Å². The van der Waals surface area contributed by atoms with Gasteiger partial charge in [0, 0.05) is 10.6 Å². The van der Waals surface area contributed by atoms with Crippen molar-refractivity contribution in [2.45, 2.75) is 19.4 Å². The summed E-state index contributed by atoms with van der Waals surface area (Å²) in [4.78, 5) is 0. The molecule has 3 nitrogen and oxygen atoms in total. The number of nitrogens with one attached hydrogen (secondary N) is 2. The van der Waals surface area contributed by atoms with Crippen LogP contribution in [0.4, 0.5) is 0 Å². The van der Waals surface area contributed by atoms with Crippen LogP contribution >= 0.6 is 48.0 Å². The van der Waals surface area contributed by atoms with E-state index in [1.165, 1.54) is 12.8 Å². The third kappa shape index (κ3) is 5.83. The minimum Gasteiger partial charge on any atom is -0.460 e. The third-order valence-electron chi connectivity index (χ3n) is 4.05. The first-order chi connectivity index (χ1) is 10.7. The molecule has 2 heterocycles. The number of halogens is 4. The Bertz CT molecular complexity index is 627. The lowest BCUT2D eigenvalue weighted by Crippen LogP contribution is -2.33. The van der Waals surface area contributed by atoms with E-state index < -0.39 is 0 Å². The van der Waals surface area contributed by atoms with Gasteiger partial charge in [-0.2, -0.15) is 0 Å². The smallest absolute Gasteiger partial charge is 0.135 e. The van der Waals surface area contributed by atoms with Crippen molar-refractivity contribution in [3.05, 3.63) is 46.1 Å². The molecule has 0 saturated carbocycles. The van der Waals surface area contributed by atoms with E-state index in [-0.39, 0.29) is 24.8 Å². The molecule has 0 bridgehead atoms. The molecule has 3 rings (SSSR count). The number of rotatable bonds is 5. The predicted octanol–water partition coefficient (Wildman–Crippen LogP) is 5.19. The van der Waals surface area contributed by atoms with Gasteiger partial charge < -0.3 is 15.1 Å². The van der Waals surface area contributed by atoms with Gasteiger partial charge in [0.1, 0.15) is 11.5 Å². The van der Waals surface area contributed by atoms with Gasteiger partial charge in [-0.1, -0.05) is 23.2 Å². The van der Waals surface area contributed by atoms with Crippen LogP contribution in [0.1, 0.15) is 18.6 Å². The second-order valence-corrected chi connectivity index (χ2v) is 6.56. The summed E-state index contributed by atoms with van der Waals surface area (Å²) in [6, 6.07) is 9.32. The molecule has 0 atom stereocenters. The molecular weight excluding hydrogens is 390 g/mol. The summed E-state index contributed by atoms with van der Waals surface area (Å²) >= 11 is 12.2. The first-order valence-corrected chi connectivity index (χ1v) is 8.43. The highest BCUT2D eigenvalue weighted by atomic mass is 35.5. The SMILES string of the molecule is Cl.Cl.Clc1ccc(Cl)c(-c2ccc(CNCC3CCNCC3)o2)c1. The molecule has 134 valence electrons. The normalized spacial score (nSPS) is 14.8. The molecular formula is C17H22Cl4N2O. The van der Waals surface area contributed by atoms with Gasteiger partial charge in [-0.25, -0.2) is 0 Å². The Morgan fingerprint density at radius 2 is 1.83 bits per heavy atom. The third-order valence-corrected chi connectivity index (χ3v) is 4.61. The molecule has 0 radical (unpaired) electrons. The van der Waals surface area contributed by atoms with Crippen LogP contribution in [0.5, 0.6) is 0 Å². The zero-order chi connectivity index (χ0) is 15.4. The van der Waals surface area contributed by atoms with Crippen LogP contribution in [-0.4, -0.2) is 19.6 Å². The van der Waals surface area contributed by atoms with Crippen molar-refractivity contribution < 1.29 is 4.42 Å². The van der Waals surface area contributed by atoms with Gasteiger partial charge in [-0.05, 0) is 68.7 Å². The first-order valence-electron chi connectivity index (χ1n) is 7.68. The van der Waals surface area contributed by atoms with Crippen LogP contribution in [0.25, 0.3) is 11.3 Å². The number of hydrogen-bond acceptors (Lipinski definition) is 3. The highest BCUT2D eigenvalue weighted by molar-refractivity contribution is 6.35. The standard InChI is InChI=1S/C17H20Cl2N2O.2ClH/c18-13-1-3-16(19)15(9-13)17-4-2-14(22-17)11-21-10-12-5-7-20-8-6-12;;/h1-4,9,12,20-21H,5-8,10-11H2;2*1H. The summed E-state index contributed by atoms with van der Waals surface area (Å²) in [5, 5.41) is 8.17. The molecule has 2 N–H and O–H groups in total. The first kappa shape index (κ1) is 21.6. The zero-order valence-corrected chi connectivity index (χ0v) is 16.3. The number of benzene rings is 1. The van der Waals surface area contributed by atoms with Crippen LogP contribution in [-0.2, 0) is 6.54 Å². The molecule has 2 aromatic rings. The summed E-state index contributed by atoms with van der Waals surface area (Å²) < 4.78 is 5.88. The molecule has 1 aliphatic heterocycles. The van der Waals surface area contributed by atoms with E-state index in [0.29, 0.717) is 10.0 Å². The average molecular weight is 412 g/mol. The van der Waals surface area contributed by atoms with Crippen LogP contribution in [0.2, 0.25) is 10.0 Å². The fraction of sp³-hybridized carbons (Fsp3) is 0.412. The monoisotopic (exact) mass is 410 g/mol.